The number of rotatable bonds is 8. The first-order valence-corrected chi connectivity index (χ1v) is 12.4. The molecule has 0 radical (unpaired) electrons. The number of nitrogen functional groups attached to an aromatic ring is 1. The van der Waals surface area contributed by atoms with Gasteiger partial charge >= 0.3 is 6.09 Å². The Kier molecular flexibility index (Phi) is 7.95. The Balaban J connectivity index is 1.60. The van der Waals surface area contributed by atoms with Gasteiger partial charge in [-0.15, -0.1) is 0 Å². The van der Waals surface area contributed by atoms with E-state index >= 15 is 0 Å². The van der Waals surface area contributed by atoms with Crippen molar-refractivity contribution < 1.29 is 37.0 Å². The molecular weight excluding hydrogens is 550 g/mol. The smallest absolute Gasteiger partial charge is 0.412 e. The highest BCUT2D eigenvalue weighted by Crippen LogP contribution is 2.42. The molecule has 2 aromatic carbocycles. The monoisotopic (exact) mass is 576 g/mol. The predicted octanol–water partition coefficient (Wildman–Crippen LogP) is 5.84. The number of benzene rings is 2. The fourth-order valence-corrected chi connectivity index (χ4v) is 4.30. The minimum atomic E-state index is -1.01. The normalized spacial score (nSPS) is 11.2. The van der Waals surface area contributed by atoms with Gasteiger partial charge in [-0.2, -0.15) is 4.98 Å². The number of hydrogen-bond donors (Lipinski definition) is 3. The summed E-state index contributed by atoms with van der Waals surface area (Å²) < 4.78 is 55.5. The zero-order valence-electron chi connectivity index (χ0n) is 22.3. The Morgan fingerprint density at radius 2 is 1.68 bits per heavy atom. The summed E-state index contributed by atoms with van der Waals surface area (Å²) in [5.41, 5.74) is 5.29. The van der Waals surface area contributed by atoms with Gasteiger partial charge in [0.25, 0.3) is 5.89 Å². The summed E-state index contributed by atoms with van der Waals surface area (Å²) in [6.07, 6.45) is -0.915. The number of anilines is 4. The van der Waals surface area contributed by atoms with E-state index in [4.69, 9.17) is 29.2 Å². The third-order valence-corrected chi connectivity index (χ3v) is 6.10. The van der Waals surface area contributed by atoms with Crippen molar-refractivity contribution in [2.45, 2.75) is 26.4 Å². The van der Waals surface area contributed by atoms with E-state index in [9.17, 15) is 13.6 Å². The van der Waals surface area contributed by atoms with E-state index in [1.54, 1.807) is 32.9 Å². The molecule has 40 heavy (non-hydrogen) atoms. The van der Waals surface area contributed by atoms with E-state index in [2.05, 4.69) is 25.8 Å². The molecule has 15 heteroatoms. The van der Waals surface area contributed by atoms with Gasteiger partial charge in [-0.25, -0.2) is 18.6 Å². The summed E-state index contributed by atoms with van der Waals surface area (Å²) in [7, 11) is 4.48. The lowest BCUT2D eigenvalue weighted by atomic mass is 10.1. The summed E-state index contributed by atoms with van der Waals surface area (Å²) in [6.45, 7) is 4.95. The Bertz CT molecular complexity index is 1530. The van der Waals surface area contributed by atoms with Gasteiger partial charge in [0.05, 0.1) is 32.6 Å². The molecule has 4 rings (SSSR count). The maximum Gasteiger partial charge on any atom is 0.412 e. The van der Waals surface area contributed by atoms with E-state index in [1.807, 2.05) is 0 Å². The highest BCUT2D eigenvalue weighted by Gasteiger charge is 2.23. The van der Waals surface area contributed by atoms with E-state index in [0.29, 0.717) is 39.0 Å². The van der Waals surface area contributed by atoms with Crippen LogP contribution in [0.3, 0.4) is 0 Å². The second-order valence-electron chi connectivity index (χ2n) is 9.13. The van der Waals surface area contributed by atoms with Crippen LogP contribution in [0.5, 0.6) is 17.2 Å². The third-order valence-electron chi connectivity index (χ3n) is 5.12. The lowest BCUT2D eigenvalue weighted by molar-refractivity contribution is 0.0635. The molecule has 4 N–H and O–H groups in total. The Morgan fingerprint density at radius 3 is 2.27 bits per heavy atom. The molecule has 0 atom stereocenters. The van der Waals surface area contributed by atoms with Crippen LogP contribution in [0.2, 0.25) is 0 Å². The first kappa shape index (κ1) is 28.4. The number of carbonyl (C=O) groups is 1. The number of nitrogens with one attached hydrogen (secondary N) is 2. The number of carbonyl (C=O) groups excluding carboxylic acids is 1. The second kappa shape index (κ2) is 11.2. The maximum absolute atomic E-state index is 14.7. The standard InChI is InChI=1S/C25H26F2N6O6S/c1-25(2,3)38-24(34)30-15-9-12(13(26)10-14(15)27)21-32-22(39-33-21)19-20(28)31-23(40-19)29-11-7-16(35-4)18(37-6)17(8-11)36-5/h7-10H,28H2,1-6H3,(H,29,31)(H,30,34). The van der Waals surface area contributed by atoms with Crippen LogP contribution in [-0.4, -0.2) is 48.1 Å². The van der Waals surface area contributed by atoms with Gasteiger partial charge < -0.3 is 34.5 Å². The van der Waals surface area contributed by atoms with Gasteiger partial charge in [0.1, 0.15) is 27.9 Å². The number of nitrogens with two attached hydrogens (primary N) is 1. The molecule has 0 spiro atoms. The number of hydrogen-bond acceptors (Lipinski definition) is 12. The molecular formula is C25H26F2N6O6S. The molecule has 2 heterocycles. The first-order valence-electron chi connectivity index (χ1n) is 11.6. The van der Waals surface area contributed by atoms with Crippen molar-refractivity contribution in [3.63, 3.8) is 0 Å². The molecule has 0 unspecified atom stereocenters. The summed E-state index contributed by atoms with van der Waals surface area (Å²) in [5, 5.41) is 9.52. The number of aromatic nitrogens is 3. The summed E-state index contributed by atoms with van der Waals surface area (Å²) in [6, 6.07) is 5.00. The van der Waals surface area contributed by atoms with Crippen LogP contribution in [-0.2, 0) is 4.74 Å². The Hall–Kier alpha value is -4.66. The van der Waals surface area contributed by atoms with Crippen LogP contribution in [0.1, 0.15) is 20.8 Å². The molecule has 212 valence electrons. The fraction of sp³-hybridized carbons (Fsp3) is 0.280. The molecule has 0 fully saturated rings. The summed E-state index contributed by atoms with van der Waals surface area (Å²) in [4.78, 5) is 20.9. The SMILES string of the molecule is COc1cc(Nc2nc(N)c(-c3nc(-c4cc(NC(=O)OC(C)(C)C)c(F)cc4F)no3)s2)cc(OC)c1OC. The number of nitrogens with zero attached hydrogens (tertiary/aromatic N) is 3. The van der Waals surface area contributed by atoms with E-state index in [0.717, 1.165) is 17.4 Å². The minimum absolute atomic E-state index is 0.0479. The minimum Gasteiger partial charge on any atom is -0.493 e. The van der Waals surface area contributed by atoms with E-state index < -0.39 is 23.3 Å². The number of thiazole rings is 1. The van der Waals surface area contributed by atoms with Crippen LogP contribution < -0.4 is 30.6 Å². The molecule has 0 aliphatic heterocycles. The van der Waals surface area contributed by atoms with Crippen molar-refractivity contribution in [3.05, 3.63) is 35.9 Å². The Morgan fingerprint density at radius 1 is 1.00 bits per heavy atom. The predicted molar refractivity (Wildman–Crippen MR) is 144 cm³/mol. The molecule has 0 saturated carbocycles. The largest absolute Gasteiger partial charge is 0.493 e. The number of amides is 1. The van der Waals surface area contributed by atoms with Gasteiger partial charge in [-0.05, 0) is 26.8 Å². The fourth-order valence-electron chi connectivity index (χ4n) is 3.47. The van der Waals surface area contributed by atoms with Gasteiger partial charge in [-0.1, -0.05) is 16.5 Å². The molecule has 0 saturated heterocycles. The Labute approximate surface area is 231 Å². The molecule has 4 aromatic rings. The summed E-state index contributed by atoms with van der Waals surface area (Å²) >= 11 is 1.09. The highest BCUT2D eigenvalue weighted by atomic mass is 32.1. The quantitative estimate of drug-likeness (QED) is 0.232. The topological polar surface area (TPSA) is 156 Å². The number of ether oxygens (including phenoxy) is 4. The molecule has 2 aromatic heterocycles. The van der Waals surface area contributed by atoms with E-state index in [-0.39, 0.29) is 28.8 Å². The van der Waals surface area contributed by atoms with Gasteiger partial charge in [0.15, 0.2) is 16.6 Å². The van der Waals surface area contributed by atoms with Gasteiger partial charge in [-0.3, -0.25) is 5.32 Å². The molecule has 12 nitrogen and oxygen atoms in total. The average molecular weight is 577 g/mol. The van der Waals surface area contributed by atoms with Gasteiger partial charge in [0.2, 0.25) is 11.6 Å². The van der Waals surface area contributed by atoms with Crippen LogP contribution in [0.25, 0.3) is 22.2 Å². The van der Waals surface area contributed by atoms with Crippen molar-refractivity contribution in [1.82, 2.24) is 15.1 Å². The highest BCUT2D eigenvalue weighted by molar-refractivity contribution is 7.19. The van der Waals surface area contributed by atoms with Crippen LogP contribution in [0, 0.1) is 11.6 Å². The van der Waals surface area contributed by atoms with Crippen molar-refractivity contribution in [2.24, 2.45) is 0 Å². The zero-order chi connectivity index (χ0) is 29.2. The van der Waals surface area contributed by atoms with Crippen LogP contribution >= 0.6 is 11.3 Å². The lowest BCUT2D eigenvalue weighted by Crippen LogP contribution is -2.27. The van der Waals surface area contributed by atoms with E-state index in [1.165, 1.54) is 21.3 Å². The average Bonchev–Trinajstić information content (AvgIpc) is 3.50. The summed E-state index contributed by atoms with van der Waals surface area (Å²) in [5.74, 6) is -0.880. The maximum atomic E-state index is 14.7. The molecule has 0 aliphatic rings. The molecule has 0 aliphatic carbocycles. The number of methoxy groups -OCH3 is 3. The van der Waals surface area contributed by atoms with Gasteiger partial charge in [0, 0.05) is 23.9 Å². The molecule has 0 bridgehead atoms. The first-order chi connectivity index (χ1) is 18.9. The van der Waals surface area contributed by atoms with Crippen LogP contribution in [0.4, 0.5) is 35.9 Å². The van der Waals surface area contributed by atoms with Crippen molar-refractivity contribution in [2.75, 3.05) is 37.7 Å². The van der Waals surface area contributed by atoms with Crippen LogP contribution in [0.15, 0.2) is 28.8 Å². The second-order valence-corrected chi connectivity index (χ2v) is 10.1. The third kappa shape index (κ3) is 6.14. The van der Waals surface area contributed by atoms with Crippen molar-refractivity contribution in [1.29, 1.82) is 0 Å². The zero-order valence-corrected chi connectivity index (χ0v) is 23.2. The van der Waals surface area contributed by atoms with Crippen molar-refractivity contribution >= 4 is 39.8 Å². The van der Waals surface area contributed by atoms with Crippen molar-refractivity contribution in [3.8, 4) is 39.4 Å². The lowest BCUT2D eigenvalue weighted by Gasteiger charge is -2.20. The molecule has 1 amide bonds. The number of halogens is 2.